The summed E-state index contributed by atoms with van der Waals surface area (Å²) in [5.41, 5.74) is 6.42. The van der Waals surface area contributed by atoms with E-state index in [-0.39, 0.29) is 5.91 Å². The molecule has 6 heteroatoms. The van der Waals surface area contributed by atoms with E-state index >= 15 is 0 Å². The van der Waals surface area contributed by atoms with E-state index in [0.717, 1.165) is 12.0 Å². The van der Waals surface area contributed by atoms with Crippen molar-refractivity contribution in [3.63, 3.8) is 0 Å². The number of nitrogens with one attached hydrogen (secondary N) is 2. The molecule has 0 radical (unpaired) electrons. The SMILES string of the molecule is CCCNC(=O)CCNCc1ccc(C(N)=O)cc1Cl. The maximum absolute atomic E-state index is 11.4. The Kier molecular flexibility index (Phi) is 7.04. The van der Waals surface area contributed by atoms with Crippen molar-refractivity contribution in [3.05, 3.63) is 34.3 Å². The van der Waals surface area contributed by atoms with Crippen LogP contribution in [0.15, 0.2) is 18.2 Å². The predicted octanol–water partition coefficient (Wildman–Crippen LogP) is 1.44. The minimum absolute atomic E-state index is 0.0366. The van der Waals surface area contributed by atoms with Gasteiger partial charge in [-0.2, -0.15) is 0 Å². The van der Waals surface area contributed by atoms with E-state index in [1.54, 1.807) is 18.2 Å². The number of hydrogen-bond acceptors (Lipinski definition) is 3. The molecule has 1 aromatic rings. The van der Waals surface area contributed by atoms with Gasteiger partial charge in [0.2, 0.25) is 11.8 Å². The molecule has 110 valence electrons. The number of primary amides is 1. The fourth-order valence-electron chi connectivity index (χ4n) is 1.62. The number of carbonyl (C=O) groups is 2. The van der Waals surface area contributed by atoms with Gasteiger partial charge in [-0.15, -0.1) is 0 Å². The number of rotatable bonds is 8. The van der Waals surface area contributed by atoms with Crippen molar-refractivity contribution in [2.45, 2.75) is 26.3 Å². The van der Waals surface area contributed by atoms with Crippen LogP contribution in [-0.2, 0) is 11.3 Å². The second kappa shape index (κ2) is 8.55. The molecule has 0 saturated carbocycles. The molecule has 0 fully saturated rings. The lowest BCUT2D eigenvalue weighted by atomic mass is 10.1. The number of amides is 2. The summed E-state index contributed by atoms with van der Waals surface area (Å²) >= 11 is 6.06. The standard InChI is InChI=1S/C14H20ClN3O2/c1-2-6-18-13(19)5-7-17-9-11-4-3-10(14(16)20)8-12(11)15/h3-4,8,17H,2,5-7,9H2,1H3,(H2,16,20)(H,18,19). The van der Waals surface area contributed by atoms with E-state index in [9.17, 15) is 9.59 Å². The van der Waals surface area contributed by atoms with Gasteiger partial charge in [0.05, 0.1) is 0 Å². The van der Waals surface area contributed by atoms with Gasteiger partial charge in [-0.05, 0) is 24.1 Å². The van der Waals surface area contributed by atoms with Crippen molar-refractivity contribution in [3.8, 4) is 0 Å². The molecule has 0 unspecified atom stereocenters. The lowest BCUT2D eigenvalue weighted by Gasteiger charge is -2.08. The number of benzene rings is 1. The molecule has 0 bridgehead atoms. The maximum Gasteiger partial charge on any atom is 0.248 e. The van der Waals surface area contributed by atoms with Gasteiger partial charge in [0.15, 0.2) is 0 Å². The number of hydrogen-bond donors (Lipinski definition) is 3. The van der Waals surface area contributed by atoms with Crippen molar-refractivity contribution < 1.29 is 9.59 Å². The highest BCUT2D eigenvalue weighted by Gasteiger charge is 2.06. The summed E-state index contributed by atoms with van der Waals surface area (Å²) in [6, 6.07) is 4.95. The van der Waals surface area contributed by atoms with Crippen LogP contribution >= 0.6 is 11.6 Å². The zero-order valence-electron chi connectivity index (χ0n) is 11.5. The zero-order valence-corrected chi connectivity index (χ0v) is 12.3. The molecule has 0 aliphatic carbocycles. The van der Waals surface area contributed by atoms with Crippen molar-refractivity contribution in [1.29, 1.82) is 0 Å². The Morgan fingerprint density at radius 1 is 1.30 bits per heavy atom. The maximum atomic E-state index is 11.4. The predicted molar refractivity (Wildman–Crippen MR) is 79.6 cm³/mol. The van der Waals surface area contributed by atoms with Crippen LogP contribution in [0, 0.1) is 0 Å². The molecule has 0 aliphatic rings. The second-order valence-corrected chi connectivity index (χ2v) is 4.85. The van der Waals surface area contributed by atoms with Crippen LogP contribution in [0.2, 0.25) is 5.02 Å². The summed E-state index contributed by atoms with van der Waals surface area (Å²) < 4.78 is 0. The molecule has 0 atom stereocenters. The number of carbonyl (C=O) groups excluding carboxylic acids is 2. The summed E-state index contributed by atoms with van der Waals surface area (Å²) in [7, 11) is 0. The van der Waals surface area contributed by atoms with E-state index in [1.165, 1.54) is 0 Å². The lowest BCUT2D eigenvalue weighted by molar-refractivity contribution is -0.120. The molecule has 0 heterocycles. The average molecular weight is 298 g/mol. The average Bonchev–Trinajstić information content (AvgIpc) is 2.42. The fraction of sp³-hybridized carbons (Fsp3) is 0.429. The molecule has 1 aromatic carbocycles. The van der Waals surface area contributed by atoms with Gasteiger partial charge in [0, 0.05) is 36.6 Å². The molecule has 0 aliphatic heterocycles. The first kappa shape index (κ1) is 16.5. The molecule has 20 heavy (non-hydrogen) atoms. The van der Waals surface area contributed by atoms with Gasteiger partial charge in [-0.25, -0.2) is 0 Å². The van der Waals surface area contributed by atoms with Crippen molar-refractivity contribution in [2.24, 2.45) is 5.73 Å². The first-order valence-corrected chi connectivity index (χ1v) is 6.98. The molecule has 4 N–H and O–H groups in total. The molecular weight excluding hydrogens is 278 g/mol. The van der Waals surface area contributed by atoms with Crippen molar-refractivity contribution >= 4 is 23.4 Å². The molecular formula is C14H20ClN3O2. The molecule has 5 nitrogen and oxygen atoms in total. The highest BCUT2D eigenvalue weighted by atomic mass is 35.5. The van der Waals surface area contributed by atoms with E-state index in [2.05, 4.69) is 10.6 Å². The summed E-state index contributed by atoms with van der Waals surface area (Å²) in [5.74, 6) is -0.464. The molecule has 2 amide bonds. The zero-order chi connectivity index (χ0) is 15.0. The fourth-order valence-corrected chi connectivity index (χ4v) is 1.87. The molecule has 0 spiro atoms. The molecule has 1 rings (SSSR count). The highest BCUT2D eigenvalue weighted by Crippen LogP contribution is 2.17. The van der Waals surface area contributed by atoms with Gasteiger partial charge >= 0.3 is 0 Å². The summed E-state index contributed by atoms with van der Waals surface area (Å²) in [6.45, 7) is 3.83. The van der Waals surface area contributed by atoms with Gasteiger partial charge < -0.3 is 16.4 Å². The Bertz CT molecular complexity index is 477. The van der Waals surface area contributed by atoms with Crippen LogP contribution in [0.1, 0.15) is 35.7 Å². The van der Waals surface area contributed by atoms with Crippen LogP contribution in [0.5, 0.6) is 0 Å². The van der Waals surface area contributed by atoms with E-state index in [0.29, 0.717) is 36.6 Å². The Balaban J connectivity index is 2.35. The van der Waals surface area contributed by atoms with E-state index in [4.69, 9.17) is 17.3 Å². The summed E-state index contributed by atoms with van der Waals surface area (Å²) in [5, 5.41) is 6.43. The second-order valence-electron chi connectivity index (χ2n) is 4.45. The quantitative estimate of drug-likeness (QED) is 0.635. The van der Waals surface area contributed by atoms with Gasteiger partial charge in [-0.1, -0.05) is 24.6 Å². The van der Waals surface area contributed by atoms with Gasteiger partial charge in [0.1, 0.15) is 0 Å². The van der Waals surface area contributed by atoms with Crippen LogP contribution < -0.4 is 16.4 Å². The monoisotopic (exact) mass is 297 g/mol. The Labute approximate surface area is 123 Å². The smallest absolute Gasteiger partial charge is 0.248 e. The van der Waals surface area contributed by atoms with Crippen molar-refractivity contribution in [1.82, 2.24) is 10.6 Å². The van der Waals surface area contributed by atoms with Crippen LogP contribution in [0.25, 0.3) is 0 Å². The number of halogens is 1. The van der Waals surface area contributed by atoms with Gasteiger partial charge in [-0.3, -0.25) is 9.59 Å². The third-order valence-corrected chi connectivity index (χ3v) is 3.11. The minimum atomic E-state index is -0.501. The van der Waals surface area contributed by atoms with Crippen LogP contribution in [0.4, 0.5) is 0 Å². The largest absolute Gasteiger partial charge is 0.366 e. The van der Waals surface area contributed by atoms with Crippen LogP contribution in [0.3, 0.4) is 0 Å². The first-order chi connectivity index (χ1) is 9.54. The Morgan fingerprint density at radius 3 is 2.65 bits per heavy atom. The number of nitrogens with two attached hydrogens (primary N) is 1. The highest BCUT2D eigenvalue weighted by molar-refractivity contribution is 6.31. The first-order valence-electron chi connectivity index (χ1n) is 6.60. The Morgan fingerprint density at radius 2 is 2.05 bits per heavy atom. The normalized spacial score (nSPS) is 10.3. The minimum Gasteiger partial charge on any atom is -0.366 e. The van der Waals surface area contributed by atoms with Gasteiger partial charge in [0.25, 0.3) is 0 Å². The van der Waals surface area contributed by atoms with E-state index in [1.807, 2.05) is 6.92 Å². The third-order valence-electron chi connectivity index (χ3n) is 2.75. The molecule has 0 saturated heterocycles. The summed E-state index contributed by atoms with van der Waals surface area (Å²) in [6.07, 6.45) is 1.36. The Hall–Kier alpha value is -1.59. The van der Waals surface area contributed by atoms with Crippen LogP contribution in [-0.4, -0.2) is 24.9 Å². The lowest BCUT2D eigenvalue weighted by Crippen LogP contribution is -2.28. The third kappa shape index (κ3) is 5.59. The molecule has 0 aromatic heterocycles. The summed E-state index contributed by atoms with van der Waals surface area (Å²) in [4.78, 5) is 22.4. The van der Waals surface area contributed by atoms with Crippen molar-refractivity contribution in [2.75, 3.05) is 13.1 Å². The van der Waals surface area contributed by atoms with E-state index < -0.39 is 5.91 Å². The topological polar surface area (TPSA) is 84.2 Å².